The molecule has 2 fully saturated rings. The SMILES string of the molecule is COc1ccccc1[C@@H]1[C@@H]2CCCC[C@@]2(O)CCN1C(=O)c1ccco1. The molecule has 0 spiro atoms. The fraction of sp³-hybridized carbons (Fsp3) is 0.476. The van der Waals surface area contributed by atoms with Crippen LogP contribution in [0, 0.1) is 5.92 Å². The van der Waals surface area contributed by atoms with E-state index in [-0.39, 0.29) is 17.9 Å². The zero-order chi connectivity index (χ0) is 18.1. The van der Waals surface area contributed by atoms with Gasteiger partial charge >= 0.3 is 0 Å². The Morgan fingerprint density at radius 3 is 2.85 bits per heavy atom. The third-order valence-corrected chi connectivity index (χ3v) is 6.02. The van der Waals surface area contributed by atoms with Gasteiger partial charge in [0, 0.05) is 18.0 Å². The fourth-order valence-electron chi connectivity index (χ4n) is 4.75. The lowest BCUT2D eigenvalue weighted by molar-refractivity contribution is -0.115. The average Bonchev–Trinajstić information content (AvgIpc) is 3.21. The number of piperidine rings is 1. The van der Waals surface area contributed by atoms with E-state index in [0.29, 0.717) is 18.7 Å². The fourth-order valence-corrected chi connectivity index (χ4v) is 4.75. The van der Waals surface area contributed by atoms with Gasteiger partial charge in [-0.3, -0.25) is 4.79 Å². The van der Waals surface area contributed by atoms with Crippen molar-refractivity contribution in [1.29, 1.82) is 0 Å². The topological polar surface area (TPSA) is 62.9 Å². The minimum absolute atomic E-state index is 0.000197. The minimum Gasteiger partial charge on any atom is -0.496 e. The number of likely N-dealkylation sites (tertiary alicyclic amines) is 1. The van der Waals surface area contributed by atoms with Crippen molar-refractivity contribution in [2.45, 2.75) is 43.7 Å². The van der Waals surface area contributed by atoms with Crippen LogP contribution in [0.15, 0.2) is 47.1 Å². The van der Waals surface area contributed by atoms with Gasteiger partial charge in [-0.1, -0.05) is 31.0 Å². The van der Waals surface area contributed by atoms with Gasteiger partial charge in [-0.15, -0.1) is 0 Å². The quantitative estimate of drug-likeness (QED) is 0.910. The number of para-hydroxylation sites is 1. The number of aliphatic hydroxyl groups is 1. The standard InChI is InChI=1S/C21H25NO4/c1-25-17-9-3-2-7-15(17)19-16-8-4-5-11-21(16,24)12-13-22(19)20(23)18-10-6-14-26-18/h2-3,6-7,9-10,14,16,19,24H,4-5,8,11-13H2,1H3/t16-,19+,21+/m0/s1. The van der Waals surface area contributed by atoms with Crippen LogP contribution in [0.5, 0.6) is 5.75 Å². The first kappa shape index (κ1) is 17.2. The van der Waals surface area contributed by atoms with Crippen molar-refractivity contribution in [2.24, 2.45) is 5.92 Å². The van der Waals surface area contributed by atoms with Gasteiger partial charge in [0.1, 0.15) is 5.75 Å². The highest BCUT2D eigenvalue weighted by Crippen LogP contribution is 2.51. The van der Waals surface area contributed by atoms with E-state index in [1.807, 2.05) is 29.2 Å². The Hall–Kier alpha value is -2.27. The van der Waals surface area contributed by atoms with Gasteiger partial charge in [0.2, 0.25) is 0 Å². The number of benzene rings is 1. The van der Waals surface area contributed by atoms with Crippen molar-refractivity contribution >= 4 is 5.91 Å². The summed E-state index contributed by atoms with van der Waals surface area (Å²) in [6.07, 6.45) is 5.94. The van der Waals surface area contributed by atoms with Gasteiger partial charge in [-0.2, -0.15) is 0 Å². The second-order valence-corrected chi connectivity index (χ2v) is 7.37. The maximum atomic E-state index is 13.1. The number of amides is 1. The van der Waals surface area contributed by atoms with Crippen LogP contribution in [0.4, 0.5) is 0 Å². The predicted molar refractivity (Wildman–Crippen MR) is 97.0 cm³/mol. The predicted octanol–water partition coefficient (Wildman–Crippen LogP) is 3.80. The van der Waals surface area contributed by atoms with Crippen molar-refractivity contribution in [3.8, 4) is 5.75 Å². The number of carbonyl (C=O) groups excluding carboxylic acids is 1. The number of nitrogens with zero attached hydrogens (tertiary/aromatic N) is 1. The first-order valence-corrected chi connectivity index (χ1v) is 9.34. The van der Waals surface area contributed by atoms with Crippen molar-refractivity contribution in [3.63, 3.8) is 0 Å². The van der Waals surface area contributed by atoms with Crippen LogP contribution in [-0.2, 0) is 0 Å². The third-order valence-electron chi connectivity index (χ3n) is 6.02. The van der Waals surface area contributed by atoms with Crippen molar-refractivity contribution < 1.29 is 19.1 Å². The monoisotopic (exact) mass is 355 g/mol. The van der Waals surface area contributed by atoms with Crippen LogP contribution < -0.4 is 4.74 Å². The number of hydrogen-bond acceptors (Lipinski definition) is 4. The molecule has 5 nitrogen and oxygen atoms in total. The highest BCUT2D eigenvalue weighted by atomic mass is 16.5. The maximum Gasteiger partial charge on any atom is 0.290 e. The molecule has 26 heavy (non-hydrogen) atoms. The molecular formula is C21H25NO4. The van der Waals surface area contributed by atoms with E-state index >= 15 is 0 Å². The molecule has 1 aliphatic carbocycles. The van der Waals surface area contributed by atoms with Gasteiger partial charge in [0.05, 0.1) is 25.0 Å². The Balaban J connectivity index is 1.79. The summed E-state index contributed by atoms with van der Waals surface area (Å²) in [5, 5.41) is 11.3. The number of fused-ring (bicyclic) bond motifs is 1. The molecule has 2 aromatic rings. The summed E-state index contributed by atoms with van der Waals surface area (Å²) in [5.74, 6) is 0.967. The molecule has 1 amide bonds. The molecule has 0 unspecified atom stereocenters. The van der Waals surface area contributed by atoms with E-state index in [1.54, 1.807) is 19.2 Å². The normalized spacial score (nSPS) is 28.5. The van der Waals surface area contributed by atoms with Crippen LogP contribution in [0.25, 0.3) is 0 Å². The number of methoxy groups -OCH3 is 1. The molecule has 3 atom stereocenters. The van der Waals surface area contributed by atoms with Gasteiger partial charge in [0.25, 0.3) is 5.91 Å². The van der Waals surface area contributed by atoms with E-state index in [9.17, 15) is 9.90 Å². The first-order chi connectivity index (χ1) is 12.6. The summed E-state index contributed by atoms with van der Waals surface area (Å²) in [4.78, 5) is 15.0. The van der Waals surface area contributed by atoms with Gasteiger partial charge in [-0.25, -0.2) is 0 Å². The molecule has 5 heteroatoms. The zero-order valence-electron chi connectivity index (χ0n) is 15.1. The molecule has 4 rings (SSSR count). The molecule has 1 saturated heterocycles. The highest BCUT2D eigenvalue weighted by Gasteiger charge is 2.51. The van der Waals surface area contributed by atoms with E-state index in [1.165, 1.54) is 6.26 Å². The lowest BCUT2D eigenvalue weighted by Gasteiger charge is -2.52. The molecule has 2 heterocycles. The third kappa shape index (κ3) is 2.80. The summed E-state index contributed by atoms with van der Waals surface area (Å²) < 4.78 is 11.0. The number of furan rings is 1. The molecule has 0 radical (unpaired) electrons. The van der Waals surface area contributed by atoms with E-state index < -0.39 is 5.60 Å². The van der Waals surface area contributed by atoms with Gasteiger partial charge in [0.15, 0.2) is 5.76 Å². The molecular weight excluding hydrogens is 330 g/mol. The lowest BCUT2D eigenvalue weighted by Crippen LogP contribution is -2.56. The van der Waals surface area contributed by atoms with Crippen molar-refractivity contribution in [1.82, 2.24) is 4.90 Å². The molecule has 1 aromatic carbocycles. The largest absolute Gasteiger partial charge is 0.496 e. The highest BCUT2D eigenvalue weighted by molar-refractivity contribution is 5.92. The Kier molecular flexibility index (Phi) is 4.49. The summed E-state index contributed by atoms with van der Waals surface area (Å²) in [5.41, 5.74) is 0.240. The van der Waals surface area contributed by atoms with Gasteiger partial charge in [-0.05, 0) is 37.5 Å². The second kappa shape index (κ2) is 6.80. The maximum absolute atomic E-state index is 13.1. The second-order valence-electron chi connectivity index (χ2n) is 7.37. The molecule has 1 N–H and O–H groups in total. The first-order valence-electron chi connectivity index (χ1n) is 9.34. The molecule has 0 bridgehead atoms. The average molecular weight is 355 g/mol. The Morgan fingerprint density at radius 2 is 2.08 bits per heavy atom. The molecule has 138 valence electrons. The molecule has 2 aliphatic rings. The smallest absolute Gasteiger partial charge is 0.290 e. The number of ether oxygens (including phenoxy) is 1. The number of hydrogen-bond donors (Lipinski definition) is 1. The zero-order valence-corrected chi connectivity index (χ0v) is 15.1. The van der Waals surface area contributed by atoms with Crippen molar-refractivity contribution in [3.05, 3.63) is 54.0 Å². The molecule has 1 saturated carbocycles. The summed E-state index contributed by atoms with van der Waals surface area (Å²) >= 11 is 0. The van der Waals surface area contributed by atoms with Crippen LogP contribution in [0.1, 0.15) is 54.3 Å². The number of rotatable bonds is 3. The Labute approximate surface area is 153 Å². The van der Waals surface area contributed by atoms with E-state index in [0.717, 1.165) is 37.0 Å². The minimum atomic E-state index is -0.719. The van der Waals surface area contributed by atoms with Crippen molar-refractivity contribution in [2.75, 3.05) is 13.7 Å². The Bertz CT molecular complexity index is 772. The summed E-state index contributed by atoms with van der Waals surface area (Å²) in [6.45, 7) is 0.509. The van der Waals surface area contributed by atoms with Crippen LogP contribution in [0.2, 0.25) is 0 Å². The van der Waals surface area contributed by atoms with Crippen LogP contribution >= 0.6 is 0 Å². The summed E-state index contributed by atoms with van der Waals surface area (Å²) in [7, 11) is 1.65. The Morgan fingerprint density at radius 1 is 1.23 bits per heavy atom. The van der Waals surface area contributed by atoms with Gasteiger partial charge < -0.3 is 19.2 Å². The van der Waals surface area contributed by atoms with Crippen LogP contribution in [0.3, 0.4) is 0 Å². The summed E-state index contributed by atoms with van der Waals surface area (Å²) in [6, 6.07) is 11.0. The van der Waals surface area contributed by atoms with Crippen LogP contribution in [-0.4, -0.2) is 35.2 Å². The number of carbonyl (C=O) groups is 1. The van der Waals surface area contributed by atoms with E-state index in [2.05, 4.69) is 0 Å². The lowest BCUT2D eigenvalue weighted by atomic mass is 9.66. The molecule has 1 aromatic heterocycles. The molecule has 1 aliphatic heterocycles. The van der Waals surface area contributed by atoms with E-state index in [4.69, 9.17) is 9.15 Å².